The van der Waals surface area contributed by atoms with E-state index in [1.165, 1.54) is 28.6 Å². The van der Waals surface area contributed by atoms with E-state index in [0.717, 1.165) is 6.16 Å². The van der Waals surface area contributed by atoms with Gasteiger partial charge in [0.2, 0.25) is 0 Å². The van der Waals surface area contributed by atoms with Crippen LogP contribution in [0.1, 0.15) is 15.9 Å². The Morgan fingerprint density at radius 3 is 1.40 bits per heavy atom. The molecule has 0 saturated heterocycles. The summed E-state index contributed by atoms with van der Waals surface area (Å²) in [4.78, 5) is 11.9. The van der Waals surface area contributed by atoms with Crippen molar-refractivity contribution in [2.45, 2.75) is 6.16 Å². The summed E-state index contributed by atoms with van der Waals surface area (Å²) in [6, 6.07) is 40.4. The number of methoxy groups -OCH3 is 1. The molecule has 0 aliphatic heterocycles. The molecule has 4 aromatic rings. The van der Waals surface area contributed by atoms with Crippen molar-refractivity contribution in [2.24, 2.45) is 0 Å². The average Bonchev–Trinajstić information content (AvgIpc) is 2.84. The zero-order chi connectivity index (χ0) is 20.8. The third kappa shape index (κ3) is 3.92. The Morgan fingerprint density at radius 2 is 1.03 bits per heavy atom. The molecule has 0 bridgehead atoms. The van der Waals surface area contributed by atoms with E-state index in [1.807, 2.05) is 12.1 Å². The van der Waals surface area contributed by atoms with Gasteiger partial charge in [-0.3, -0.25) is 0 Å². The van der Waals surface area contributed by atoms with Gasteiger partial charge in [0.05, 0.1) is 0 Å². The van der Waals surface area contributed by atoms with E-state index in [9.17, 15) is 4.79 Å². The van der Waals surface area contributed by atoms with Gasteiger partial charge in [-0.15, -0.1) is 0 Å². The Labute approximate surface area is 178 Å². The van der Waals surface area contributed by atoms with Gasteiger partial charge >= 0.3 is 178 Å². The molecule has 150 valence electrons. The summed E-state index contributed by atoms with van der Waals surface area (Å²) in [7, 11) is -0.923. The molecule has 3 heteroatoms. The standard InChI is InChI=1S/C27H25O2P/c1-29-27(28)23-19-17-22(18-20-23)21-30(24-11-5-2-6-12-24,25-13-7-3-8-14-25)26-15-9-4-10-16-26/h2-20,30H,21H2,1H3. The topological polar surface area (TPSA) is 26.3 Å². The molecule has 0 radical (unpaired) electrons. The third-order valence-electron chi connectivity index (χ3n) is 5.64. The summed E-state index contributed by atoms with van der Waals surface area (Å²) in [5.41, 5.74) is 1.79. The summed E-state index contributed by atoms with van der Waals surface area (Å²) < 4.78 is 4.85. The molecule has 0 heterocycles. The Hall–Kier alpha value is -3.22. The Bertz CT molecular complexity index is 995. The van der Waals surface area contributed by atoms with Crippen LogP contribution in [0.3, 0.4) is 0 Å². The van der Waals surface area contributed by atoms with Crippen molar-refractivity contribution < 1.29 is 9.53 Å². The predicted octanol–water partition coefficient (Wildman–Crippen LogP) is 4.70. The number of rotatable bonds is 6. The van der Waals surface area contributed by atoms with E-state index in [4.69, 9.17) is 4.74 Å². The zero-order valence-corrected chi connectivity index (χ0v) is 18.0. The van der Waals surface area contributed by atoms with Crippen molar-refractivity contribution >= 4 is 29.1 Å². The van der Waals surface area contributed by atoms with Crippen molar-refractivity contribution in [3.63, 3.8) is 0 Å². The van der Waals surface area contributed by atoms with E-state index in [0.29, 0.717) is 5.56 Å². The van der Waals surface area contributed by atoms with E-state index < -0.39 is 7.26 Å². The molecular formula is C27H25O2P. The fraction of sp³-hybridized carbons (Fsp3) is 0.0741. The number of hydrogen-bond donors (Lipinski definition) is 0. The van der Waals surface area contributed by atoms with Crippen LogP contribution in [-0.4, -0.2) is 13.1 Å². The first-order valence-electron chi connectivity index (χ1n) is 10.1. The van der Waals surface area contributed by atoms with Crippen LogP contribution in [-0.2, 0) is 10.9 Å². The second-order valence-electron chi connectivity index (χ2n) is 7.37. The molecule has 4 rings (SSSR count). The molecule has 0 amide bonds. The van der Waals surface area contributed by atoms with Crippen LogP contribution < -0.4 is 15.9 Å². The summed E-state index contributed by atoms with van der Waals surface area (Å²) >= 11 is 0. The number of carbonyl (C=O) groups excluding carboxylic acids is 1. The number of benzene rings is 4. The van der Waals surface area contributed by atoms with Crippen LogP contribution in [0, 0.1) is 0 Å². The minimum absolute atomic E-state index is 0.306. The maximum absolute atomic E-state index is 11.9. The van der Waals surface area contributed by atoms with Crippen LogP contribution in [0.15, 0.2) is 115 Å². The summed E-state index contributed by atoms with van der Waals surface area (Å²) in [5.74, 6) is -0.306. The number of esters is 1. The van der Waals surface area contributed by atoms with Gasteiger partial charge in [0.25, 0.3) is 0 Å². The maximum atomic E-state index is 11.9. The van der Waals surface area contributed by atoms with Gasteiger partial charge in [-0.25, -0.2) is 0 Å². The zero-order valence-electron chi connectivity index (χ0n) is 17.0. The van der Waals surface area contributed by atoms with Crippen LogP contribution in [0.5, 0.6) is 0 Å². The molecule has 4 aromatic carbocycles. The molecule has 30 heavy (non-hydrogen) atoms. The fourth-order valence-electron chi connectivity index (χ4n) is 4.16. The second-order valence-corrected chi connectivity index (χ2v) is 11.3. The first-order chi connectivity index (χ1) is 14.7. The van der Waals surface area contributed by atoms with Crippen molar-refractivity contribution in [1.29, 1.82) is 0 Å². The van der Waals surface area contributed by atoms with Gasteiger partial charge in [-0.1, -0.05) is 0 Å². The second kappa shape index (κ2) is 9.07. The SMILES string of the molecule is COC(=O)c1ccc(C[PH](c2ccccc2)(c2ccccc2)c2ccccc2)cc1. The van der Waals surface area contributed by atoms with Crippen LogP contribution in [0.4, 0.5) is 0 Å². The molecule has 0 saturated carbocycles. The number of hydrogen-bond acceptors (Lipinski definition) is 2. The average molecular weight is 412 g/mol. The molecule has 0 fully saturated rings. The molecular weight excluding hydrogens is 387 g/mol. The van der Waals surface area contributed by atoms with E-state index >= 15 is 0 Å². The van der Waals surface area contributed by atoms with Crippen molar-refractivity contribution in [2.75, 3.05) is 7.11 Å². The Morgan fingerprint density at radius 1 is 0.633 bits per heavy atom. The van der Waals surface area contributed by atoms with Gasteiger partial charge in [-0.2, -0.15) is 0 Å². The number of carbonyl (C=O) groups is 1. The first kappa shape index (κ1) is 20.1. The van der Waals surface area contributed by atoms with Gasteiger partial charge in [0.15, 0.2) is 0 Å². The third-order valence-corrected chi connectivity index (χ3v) is 10.5. The fourth-order valence-corrected chi connectivity index (χ4v) is 8.90. The minimum atomic E-state index is -2.33. The molecule has 0 aromatic heterocycles. The molecule has 0 aliphatic carbocycles. The summed E-state index contributed by atoms with van der Waals surface area (Å²) in [6.07, 6.45) is 0.909. The molecule has 0 spiro atoms. The van der Waals surface area contributed by atoms with Gasteiger partial charge in [0.1, 0.15) is 0 Å². The van der Waals surface area contributed by atoms with E-state index in [1.54, 1.807) is 0 Å². The molecule has 2 nitrogen and oxygen atoms in total. The van der Waals surface area contributed by atoms with Crippen molar-refractivity contribution in [3.05, 3.63) is 126 Å². The molecule has 0 N–H and O–H groups in total. The van der Waals surface area contributed by atoms with Crippen LogP contribution >= 0.6 is 7.26 Å². The van der Waals surface area contributed by atoms with Crippen molar-refractivity contribution in [1.82, 2.24) is 0 Å². The first-order valence-corrected chi connectivity index (χ1v) is 12.3. The van der Waals surface area contributed by atoms with E-state index in [2.05, 4.69) is 103 Å². The van der Waals surface area contributed by atoms with Gasteiger partial charge in [0, 0.05) is 0 Å². The van der Waals surface area contributed by atoms with Gasteiger partial charge < -0.3 is 0 Å². The quantitative estimate of drug-likeness (QED) is 0.339. The van der Waals surface area contributed by atoms with Crippen LogP contribution in [0.25, 0.3) is 0 Å². The number of ether oxygens (including phenoxy) is 1. The van der Waals surface area contributed by atoms with Crippen molar-refractivity contribution in [3.8, 4) is 0 Å². The molecule has 0 aliphatic rings. The Kier molecular flexibility index (Phi) is 6.07. The van der Waals surface area contributed by atoms with Gasteiger partial charge in [-0.05, 0) is 0 Å². The van der Waals surface area contributed by atoms with E-state index in [-0.39, 0.29) is 5.97 Å². The molecule has 0 unspecified atom stereocenters. The van der Waals surface area contributed by atoms with Crippen LogP contribution in [0.2, 0.25) is 0 Å². The Balaban J connectivity index is 1.90. The monoisotopic (exact) mass is 412 g/mol. The summed E-state index contributed by atoms with van der Waals surface area (Å²) in [5, 5.41) is 4.12. The predicted molar refractivity (Wildman–Crippen MR) is 128 cm³/mol. The normalized spacial score (nSPS) is 11.6. The summed E-state index contributed by atoms with van der Waals surface area (Å²) in [6.45, 7) is 0. The molecule has 0 atom stereocenters.